The topological polar surface area (TPSA) is 104 Å². The van der Waals surface area contributed by atoms with Crippen LogP contribution in [0.4, 0.5) is 5.95 Å². The first kappa shape index (κ1) is 30.6. The molecule has 1 aliphatic rings. The van der Waals surface area contributed by atoms with Crippen molar-refractivity contribution in [2.75, 3.05) is 36.9 Å². The molecule has 0 bridgehead atoms. The highest BCUT2D eigenvalue weighted by Crippen LogP contribution is 2.37. The van der Waals surface area contributed by atoms with Crippen molar-refractivity contribution in [3.63, 3.8) is 0 Å². The Bertz CT molecular complexity index is 1290. The highest BCUT2D eigenvalue weighted by molar-refractivity contribution is 14.2. The molecule has 0 radical (unpaired) electrons. The van der Waals surface area contributed by atoms with E-state index in [0.29, 0.717) is 49.5 Å². The Balaban J connectivity index is 1.76. The van der Waals surface area contributed by atoms with Gasteiger partial charge in [0.1, 0.15) is 22.6 Å². The number of methoxy groups -OCH3 is 1. The van der Waals surface area contributed by atoms with Crippen LogP contribution in [-0.2, 0) is 26.9 Å². The predicted molar refractivity (Wildman–Crippen MR) is 167 cm³/mol. The Morgan fingerprint density at radius 3 is 2.62 bits per heavy atom. The highest BCUT2D eigenvalue weighted by atomic mass is 127. The minimum absolute atomic E-state index is 0.237. The maximum absolute atomic E-state index is 14.1. The summed E-state index contributed by atoms with van der Waals surface area (Å²) in [6.45, 7) is 8.96. The van der Waals surface area contributed by atoms with Gasteiger partial charge in [0.15, 0.2) is 11.6 Å². The summed E-state index contributed by atoms with van der Waals surface area (Å²) >= 11 is 5.92. The average Bonchev–Trinajstić information content (AvgIpc) is 3.34. The molecular formula is C25H32BrIN6O4S2. The summed E-state index contributed by atoms with van der Waals surface area (Å²) in [7, 11) is 1.82. The van der Waals surface area contributed by atoms with Gasteiger partial charge in [0, 0.05) is 41.1 Å². The van der Waals surface area contributed by atoms with Gasteiger partial charge in [-0.15, -0.1) is 10.2 Å². The predicted octanol–water partition coefficient (Wildman–Crippen LogP) is 5.32. The summed E-state index contributed by atoms with van der Waals surface area (Å²) < 4.78 is 36.3. The van der Waals surface area contributed by atoms with Gasteiger partial charge >= 0.3 is 0 Å². The molecule has 2 unspecified atom stereocenters. The summed E-state index contributed by atoms with van der Waals surface area (Å²) in [6, 6.07) is 5.45. The third kappa shape index (κ3) is 7.50. The van der Waals surface area contributed by atoms with Crippen LogP contribution in [0.3, 0.4) is 0 Å². The second-order valence-corrected chi connectivity index (χ2v) is 14.7. The Morgan fingerprint density at radius 2 is 1.97 bits per heavy atom. The summed E-state index contributed by atoms with van der Waals surface area (Å²) in [5.41, 5.74) is 1.78. The number of aromatic nitrogens is 5. The lowest BCUT2D eigenvalue weighted by Gasteiger charge is -2.37. The maximum Gasteiger partial charge on any atom is 0.239 e. The fourth-order valence-corrected chi connectivity index (χ4v) is 6.73. The van der Waals surface area contributed by atoms with Crippen molar-refractivity contribution in [3.05, 3.63) is 46.5 Å². The quantitative estimate of drug-likeness (QED) is 0.241. The van der Waals surface area contributed by atoms with Crippen LogP contribution in [0.2, 0.25) is 0 Å². The third-order valence-electron chi connectivity index (χ3n) is 6.16. The zero-order valence-electron chi connectivity index (χ0n) is 22.5. The smallest absolute Gasteiger partial charge is 0.239 e. The molecule has 39 heavy (non-hydrogen) atoms. The van der Waals surface area contributed by atoms with Crippen molar-refractivity contribution in [1.82, 2.24) is 24.7 Å². The van der Waals surface area contributed by atoms with Crippen LogP contribution in [0.25, 0.3) is 11.4 Å². The number of halogens is 2. The van der Waals surface area contributed by atoms with Gasteiger partial charge < -0.3 is 14.2 Å². The zero-order valence-corrected chi connectivity index (χ0v) is 27.8. The van der Waals surface area contributed by atoms with E-state index >= 15 is 0 Å². The number of anilines is 1. The molecule has 3 heterocycles. The SMILES string of the molecule is COc1ccc(Br)c(-c2nnc(N(CCSI)S(=O)C(C)Cc3ncc(C)cn3)n2C2COC(C)(C)OC2)c1. The molecule has 0 saturated carbocycles. The minimum Gasteiger partial charge on any atom is -0.497 e. The number of benzene rings is 1. The summed E-state index contributed by atoms with van der Waals surface area (Å²) in [4.78, 5) is 8.83. The zero-order chi connectivity index (χ0) is 28.2. The molecule has 1 saturated heterocycles. The molecular weight excluding hydrogens is 719 g/mol. The molecule has 1 fully saturated rings. The third-order valence-corrected chi connectivity index (χ3v) is 10.1. The summed E-state index contributed by atoms with van der Waals surface area (Å²) in [6.07, 6.45) is 4.02. The van der Waals surface area contributed by atoms with E-state index in [0.717, 1.165) is 21.4 Å². The maximum atomic E-state index is 14.1. The van der Waals surface area contributed by atoms with E-state index < -0.39 is 16.8 Å². The Morgan fingerprint density at radius 1 is 1.28 bits per heavy atom. The number of rotatable bonds is 11. The van der Waals surface area contributed by atoms with E-state index in [-0.39, 0.29) is 11.3 Å². The first-order chi connectivity index (χ1) is 18.6. The van der Waals surface area contributed by atoms with Crippen molar-refractivity contribution in [3.8, 4) is 17.1 Å². The number of hydrogen-bond donors (Lipinski definition) is 0. The molecule has 0 N–H and O–H groups in total. The van der Waals surface area contributed by atoms with Gasteiger partial charge in [-0.1, -0.05) is 24.9 Å². The van der Waals surface area contributed by atoms with E-state index in [1.807, 2.05) is 54.8 Å². The van der Waals surface area contributed by atoms with Crippen molar-refractivity contribution < 1.29 is 18.4 Å². The molecule has 1 aromatic carbocycles. The van der Waals surface area contributed by atoms with Crippen molar-refractivity contribution in [2.45, 2.75) is 51.2 Å². The normalized spacial score (nSPS) is 17.1. The number of nitrogens with zero attached hydrogens (tertiary/aromatic N) is 6. The van der Waals surface area contributed by atoms with Crippen LogP contribution in [0, 0.1) is 6.92 Å². The Kier molecular flexibility index (Phi) is 10.6. The van der Waals surface area contributed by atoms with Crippen molar-refractivity contribution in [1.29, 1.82) is 0 Å². The van der Waals surface area contributed by atoms with E-state index in [4.69, 9.17) is 14.2 Å². The van der Waals surface area contributed by atoms with Crippen LogP contribution in [0.5, 0.6) is 5.75 Å². The van der Waals surface area contributed by atoms with E-state index in [1.165, 1.54) is 0 Å². The lowest BCUT2D eigenvalue weighted by atomic mass is 10.1. The van der Waals surface area contributed by atoms with E-state index in [2.05, 4.69) is 57.3 Å². The largest absolute Gasteiger partial charge is 0.497 e. The van der Waals surface area contributed by atoms with Crippen molar-refractivity contribution in [2.24, 2.45) is 0 Å². The van der Waals surface area contributed by atoms with Gasteiger partial charge in [-0.05, 0) is 72.7 Å². The molecule has 0 spiro atoms. The minimum atomic E-state index is -1.45. The Hall–Kier alpha value is -1.33. The molecule has 4 rings (SSSR count). The Labute approximate surface area is 256 Å². The molecule has 2 aromatic heterocycles. The molecule has 0 aliphatic carbocycles. The van der Waals surface area contributed by atoms with Gasteiger partial charge in [0.2, 0.25) is 5.95 Å². The number of aryl methyl sites for hydroxylation is 1. The fraction of sp³-hybridized carbons (Fsp3) is 0.520. The summed E-state index contributed by atoms with van der Waals surface area (Å²) in [5, 5.41) is 8.95. The van der Waals surface area contributed by atoms with Crippen LogP contribution < -0.4 is 9.04 Å². The van der Waals surface area contributed by atoms with Crippen LogP contribution in [0.1, 0.15) is 38.2 Å². The standard InChI is InChI=1S/C25H32BrIN6O4S2/c1-16-12-28-22(29-13-16)10-17(2)39(34)32(8-9-38-27)24-31-30-23(20-11-19(35-5)6-7-21(20)26)33(24)18-14-36-25(3,4)37-15-18/h6-7,11-13,17-18H,8-10,14-15H2,1-5H3. The van der Waals surface area contributed by atoms with Crippen LogP contribution in [-0.4, -0.2) is 72.6 Å². The van der Waals surface area contributed by atoms with Gasteiger partial charge in [-0.3, -0.25) is 8.87 Å². The van der Waals surface area contributed by atoms with E-state index in [1.54, 1.807) is 28.4 Å². The monoisotopic (exact) mass is 750 g/mol. The molecule has 14 heteroatoms. The van der Waals surface area contributed by atoms with Gasteiger partial charge in [-0.25, -0.2) is 14.2 Å². The van der Waals surface area contributed by atoms with Gasteiger partial charge in [0.25, 0.3) is 0 Å². The first-order valence-corrected chi connectivity index (χ1v) is 17.9. The molecule has 2 atom stereocenters. The molecule has 3 aromatic rings. The number of hydrogen-bond acceptors (Lipinski definition) is 9. The second kappa shape index (κ2) is 13.6. The first-order valence-electron chi connectivity index (χ1n) is 12.4. The van der Waals surface area contributed by atoms with E-state index in [9.17, 15) is 4.21 Å². The molecule has 1 aliphatic heterocycles. The van der Waals surface area contributed by atoms with Crippen LogP contribution in [0.15, 0.2) is 35.1 Å². The number of ether oxygens (including phenoxy) is 3. The lowest BCUT2D eigenvalue weighted by Crippen LogP contribution is -2.42. The van der Waals surface area contributed by atoms with Gasteiger partial charge in [-0.2, -0.15) is 0 Å². The molecule has 212 valence electrons. The van der Waals surface area contributed by atoms with Crippen LogP contribution >= 0.6 is 46.1 Å². The summed E-state index contributed by atoms with van der Waals surface area (Å²) in [5.74, 6) is 2.50. The average molecular weight is 752 g/mol. The van der Waals surface area contributed by atoms with Gasteiger partial charge in [0.05, 0.1) is 31.6 Å². The highest BCUT2D eigenvalue weighted by Gasteiger charge is 2.35. The fourth-order valence-electron chi connectivity index (χ4n) is 4.07. The second-order valence-electron chi connectivity index (χ2n) is 9.60. The van der Waals surface area contributed by atoms with Crippen molar-refractivity contribution >= 4 is 63.0 Å². The molecule has 0 amide bonds. The lowest BCUT2D eigenvalue weighted by molar-refractivity contribution is -0.258. The molecule has 10 nitrogen and oxygen atoms in total.